The van der Waals surface area contributed by atoms with Crippen molar-refractivity contribution < 1.29 is 4.92 Å². The molecule has 0 bridgehead atoms. The van der Waals surface area contributed by atoms with Crippen molar-refractivity contribution in [2.24, 2.45) is 5.73 Å². The lowest BCUT2D eigenvalue weighted by Gasteiger charge is -2.33. The van der Waals surface area contributed by atoms with E-state index in [9.17, 15) is 10.1 Å². The van der Waals surface area contributed by atoms with Crippen molar-refractivity contribution in [3.05, 3.63) is 28.4 Å². The van der Waals surface area contributed by atoms with E-state index >= 15 is 0 Å². The maximum Gasteiger partial charge on any atom is 0.311 e. The normalized spacial score (nSPS) is 18.3. The van der Waals surface area contributed by atoms with Gasteiger partial charge in [0.25, 0.3) is 0 Å². The quantitative estimate of drug-likeness (QED) is 0.630. The van der Waals surface area contributed by atoms with E-state index in [1.165, 1.54) is 12.5 Å². The van der Waals surface area contributed by atoms with Gasteiger partial charge in [0.05, 0.1) is 4.92 Å². The molecule has 1 aliphatic rings. The Hall–Kier alpha value is -1.69. The van der Waals surface area contributed by atoms with E-state index in [4.69, 9.17) is 5.73 Å². The molecule has 0 amide bonds. The number of nitro groups is 1. The van der Waals surface area contributed by atoms with Crippen LogP contribution in [0.4, 0.5) is 11.5 Å². The van der Waals surface area contributed by atoms with Crippen molar-refractivity contribution in [2.45, 2.75) is 37.6 Å². The highest BCUT2D eigenvalue weighted by atomic mass is 16.6. The first-order chi connectivity index (χ1) is 8.61. The SMILES string of the molecule is NC1(CNc2ncccc2[N+](=O)[O-])CCCCC1. The number of hydrogen-bond donors (Lipinski definition) is 2. The van der Waals surface area contributed by atoms with Crippen LogP contribution in [0, 0.1) is 10.1 Å². The molecule has 0 aromatic carbocycles. The summed E-state index contributed by atoms with van der Waals surface area (Å²) in [5.74, 6) is 0.304. The van der Waals surface area contributed by atoms with Crippen LogP contribution in [0.3, 0.4) is 0 Å². The number of pyridine rings is 1. The van der Waals surface area contributed by atoms with Crippen LogP contribution in [0.25, 0.3) is 0 Å². The molecule has 0 atom stereocenters. The average Bonchev–Trinajstić information content (AvgIpc) is 2.38. The summed E-state index contributed by atoms with van der Waals surface area (Å²) in [6, 6.07) is 3.00. The molecule has 98 valence electrons. The van der Waals surface area contributed by atoms with Gasteiger partial charge in [-0.2, -0.15) is 0 Å². The van der Waals surface area contributed by atoms with Gasteiger partial charge >= 0.3 is 5.69 Å². The molecule has 2 rings (SSSR count). The van der Waals surface area contributed by atoms with E-state index in [1.807, 2.05) is 0 Å². The molecule has 0 aliphatic heterocycles. The second-order valence-corrected chi connectivity index (χ2v) is 4.90. The highest BCUT2D eigenvalue weighted by Crippen LogP contribution is 2.27. The summed E-state index contributed by atoms with van der Waals surface area (Å²) < 4.78 is 0. The zero-order valence-corrected chi connectivity index (χ0v) is 10.3. The van der Waals surface area contributed by atoms with E-state index in [-0.39, 0.29) is 11.2 Å². The number of anilines is 1. The third kappa shape index (κ3) is 2.95. The van der Waals surface area contributed by atoms with Crippen molar-refractivity contribution in [3.63, 3.8) is 0 Å². The molecule has 1 heterocycles. The second kappa shape index (κ2) is 5.30. The van der Waals surface area contributed by atoms with Crippen LogP contribution in [0.2, 0.25) is 0 Å². The molecule has 0 radical (unpaired) electrons. The van der Waals surface area contributed by atoms with Crippen LogP contribution in [0.15, 0.2) is 18.3 Å². The van der Waals surface area contributed by atoms with Crippen molar-refractivity contribution >= 4 is 11.5 Å². The molecular weight excluding hydrogens is 232 g/mol. The van der Waals surface area contributed by atoms with E-state index in [2.05, 4.69) is 10.3 Å². The monoisotopic (exact) mass is 250 g/mol. The lowest BCUT2D eigenvalue weighted by atomic mass is 9.82. The fraction of sp³-hybridized carbons (Fsp3) is 0.583. The lowest BCUT2D eigenvalue weighted by molar-refractivity contribution is -0.384. The van der Waals surface area contributed by atoms with Gasteiger partial charge in [-0.1, -0.05) is 19.3 Å². The van der Waals surface area contributed by atoms with Gasteiger partial charge in [-0.05, 0) is 18.9 Å². The summed E-state index contributed by atoms with van der Waals surface area (Å²) in [5.41, 5.74) is 6.01. The summed E-state index contributed by atoms with van der Waals surface area (Å²) in [5, 5.41) is 13.9. The summed E-state index contributed by atoms with van der Waals surface area (Å²) in [4.78, 5) is 14.4. The Morgan fingerprint density at radius 2 is 2.17 bits per heavy atom. The maximum atomic E-state index is 10.8. The van der Waals surface area contributed by atoms with Gasteiger partial charge in [0.1, 0.15) is 0 Å². The fourth-order valence-corrected chi connectivity index (χ4v) is 2.37. The molecule has 18 heavy (non-hydrogen) atoms. The van der Waals surface area contributed by atoms with Gasteiger partial charge in [0.15, 0.2) is 0 Å². The van der Waals surface area contributed by atoms with E-state index < -0.39 is 4.92 Å². The molecule has 1 fully saturated rings. The predicted octanol–water partition coefficient (Wildman–Crippen LogP) is 2.06. The number of nitrogens with one attached hydrogen (secondary N) is 1. The molecule has 6 heteroatoms. The largest absolute Gasteiger partial charge is 0.362 e. The Morgan fingerprint density at radius 1 is 1.44 bits per heavy atom. The molecule has 0 saturated heterocycles. The van der Waals surface area contributed by atoms with Crippen LogP contribution in [0.1, 0.15) is 32.1 Å². The van der Waals surface area contributed by atoms with Crippen LogP contribution in [-0.4, -0.2) is 22.0 Å². The molecular formula is C12H18N4O2. The third-order valence-electron chi connectivity index (χ3n) is 3.44. The lowest BCUT2D eigenvalue weighted by Crippen LogP contribution is -2.47. The highest BCUT2D eigenvalue weighted by Gasteiger charge is 2.28. The first-order valence-corrected chi connectivity index (χ1v) is 6.23. The Labute approximate surface area is 106 Å². The number of nitrogens with two attached hydrogens (primary N) is 1. The molecule has 1 saturated carbocycles. The molecule has 1 aromatic rings. The van der Waals surface area contributed by atoms with Gasteiger partial charge in [-0.25, -0.2) is 4.98 Å². The minimum atomic E-state index is -0.431. The van der Waals surface area contributed by atoms with E-state index in [1.54, 1.807) is 12.3 Å². The van der Waals surface area contributed by atoms with Crippen molar-refractivity contribution in [1.29, 1.82) is 0 Å². The minimum Gasteiger partial charge on any atom is -0.362 e. The molecule has 1 aliphatic carbocycles. The molecule has 3 N–H and O–H groups in total. The van der Waals surface area contributed by atoms with Gasteiger partial charge in [0.2, 0.25) is 5.82 Å². The van der Waals surface area contributed by atoms with Crippen LogP contribution >= 0.6 is 0 Å². The zero-order chi connectivity index (χ0) is 13.0. The highest BCUT2D eigenvalue weighted by molar-refractivity contribution is 5.55. The Bertz CT molecular complexity index is 430. The predicted molar refractivity (Wildman–Crippen MR) is 69.4 cm³/mol. The molecule has 6 nitrogen and oxygen atoms in total. The standard InChI is InChI=1S/C12H18N4O2/c13-12(6-2-1-3-7-12)9-15-11-10(16(17)18)5-4-8-14-11/h4-5,8H,1-3,6-7,9,13H2,(H,14,15). The molecule has 0 unspecified atom stereocenters. The molecule has 1 aromatic heterocycles. The summed E-state index contributed by atoms with van der Waals surface area (Å²) in [6.45, 7) is 0.533. The summed E-state index contributed by atoms with van der Waals surface area (Å²) >= 11 is 0. The topological polar surface area (TPSA) is 94.1 Å². The Kier molecular flexibility index (Phi) is 3.76. The summed E-state index contributed by atoms with van der Waals surface area (Å²) in [6.07, 6.45) is 6.94. The van der Waals surface area contributed by atoms with Gasteiger partial charge in [-0.3, -0.25) is 10.1 Å². The molecule has 0 spiro atoms. The zero-order valence-electron chi connectivity index (χ0n) is 10.3. The van der Waals surface area contributed by atoms with Crippen LogP contribution < -0.4 is 11.1 Å². The number of nitrogens with zero attached hydrogens (tertiary/aromatic N) is 2. The van der Waals surface area contributed by atoms with Crippen molar-refractivity contribution in [3.8, 4) is 0 Å². The average molecular weight is 250 g/mol. The van der Waals surface area contributed by atoms with Gasteiger partial charge in [0, 0.05) is 24.3 Å². The Morgan fingerprint density at radius 3 is 2.83 bits per heavy atom. The fourth-order valence-electron chi connectivity index (χ4n) is 2.37. The maximum absolute atomic E-state index is 10.8. The van der Waals surface area contributed by atoms with Crippen LogP contribution in [0.5, 0.6) is 0 Å². The smallest absolute Gasteiger partial charge is 0.311 e. The number of aromatic nitrogens is 1. The number of hydrogen-bond acceptors (Lipinski definition) is 5. The van der Waals surface area contributed by atoms with Gasteiger partial charge < -0.3 is 11.1 Å². The van der Waals surface area contributed by atoms with Crippen molar-refractivity contribution in [2.75, 3.05) is 11.9 Å². The van der Waals surface area contributed by atoms with Crippen molar-refractivity contribution in [1.82, 2.24) is 4.98 Å². The first-order valence-electron chi connectivity index (χ1n) is 6.23. The van der Waals surface area contributed by atoms with E-state index in [0.29, 0.717) is 12.4 Å². The first kappa shape index (κ1) is 12.8. The second-order valence-electron chi connectivity index (χ2n) is 4.90. The van der Waals surface area contributed by atoms with Crippen LogP contribution in [-0.2, 0) is 0 Å². The number of rotatable bonds is 4. The Balaban J connectivity index is 2.03. The summed E-state index contributed by atoms with van der Waals surface area (Å²) in [7, 11) is 0. The minimum absolute atomic E-state index is 0.00286. The van der Waals surface area contributed by atoms with Gasteiger partial charge in [-0.15, -0.1) is 0 Å². The third-order valence-corrected chi connectivity index (χ3v) is 3.44. The van der Waals surface area contributed by atoms with E-state index in [0.717, 1.165) is 25.7 Å².